The maximum atomic E-state index is 11.9. The third-order valence-electron chi connectivity index (χ3n) is 3.94. The van der Waals surface area contributed by atoms with Crippen molar-refractivity contribution in [2.24, 2.45) is 0 Å². The second kappa shape index (κ2) is 7.21. The first-order valence-corrected chi connectivity index (χ1v) is 8.28. The number of hydrogen-bond donors (Lipinski definition) is 3. The lowest BCUT2D eigenvalue weighted by atomic mass is 10.0. The molecule has 5 heteroatoms. The molecule has 0 heterocycles. The number of carbonyl (C=O) groups excluding carboxylic acids is 1. The van der Waals surface area contributed by atoms with Gasteiger partial charge in [0.25, 0.3) is 0 Å². The monoisotopic (exact) mass is 320 g/mol. The highest BCUT2D eigenvalue weighted by molar-refractivity contribution is 5.74. The number of urea groups is 1. The Morgan fingerprint density at radius 3 is 2.52 bits per heavy atom. The zero-order chi connectivity index (χ0) is 16.9. The number of ether oxygens (including phenoxy) is 1. The predicted molar refractivity (Wildman–Crippen MR) is 90.5 cm³/mol. The first-order valence-electron chi connectivity index (χ1n) is 8.28. The number of carbonyl (C=O) groups is 1. The summed E-state index contributed by atoms with van der Waals surface area (Å²) in [6.45, 7) is 6.67. The molecule has 0 saturated heterocycles. The lowest BCUT2D eigenvalue weighted by molar-refractivity contribution is 0.0501. The second-order valence-corrected chi connectivity index (χ2v) is 7.29. The van der Waals surface area contributed by atoms with E-state index < -0.39 is 5.60 Å². The van der Waals surface area contributed by atoms with E-state index in [9.17, 15) is 9.90 Å². The van der Waals surface area contributed by atoms with Crippen molar-refractivity contribution in [3.8, 4) is 5.75 Å². The molecule has 23 heavy (non-hydrogen) atoms. The Morgan fingerprint density at radius 1 is 1.22 bits per heavy atom. The Hall–Kier alpha value is -1.75. The van der Waals surface area contributed by atoms with Gasteiger partial charge in [0, 0.05) is 18.7 Å². The van der Waals surface area contributed by atoms with Gasteiger partial charge in [-0.3, -0.25) is 0 Å². The molecule has 1 aliphatic carbocycles. The Bertz CT molecular complexity index is 531. The van der Waals surface area contributed by atoms with Crippen LogP contribution in [-0.2, 0) is 6.54 Å². The van der Waals surface area contributed by atoms with Crippen molar-refractivity contribution >= 4 is 6.03 Å². The summed E-state index contributed by atoms with van der Waals surface area (Å²) >= 11 is 0. The van der Waals surface area contributed by atoms with Crippen LogP contribution in [0.2, 0.25) is 0 Å². The lowest BCUT2D eigenvalue weighted by Crippen LogP contribution is -2.44. The highest BCUT2D eigenvalue weighted by atomic mass is 16.5. The maximum Gasteiger partial charge on any atom is 0.315 e. The Kier molecular flexibility index (Phi) is 5.52. The summed E-state index contributed by atoms with van der Waals surface area (Å²) in [5.41, 5.74) is -0.0912. The third-order valence-corrected chi connectivity index (χ3v) is 3.94. The minimum atomic E-state index is -0.732. The van der Waals surface area contributed by atoms with Crippen LogP contribution >= 0.6 is 0 Å². The minimum Gasteiger partial charge on any atom is -0.488 e. The first-order chi connectivity index (χ1) is 10.8. The van der Waals surface area contributed by atoms with Gasteiger partial charge in [0.05, 0.1) is 5.60 Å². The van der Waals surface area contributed by atoms with Crippen molar-refractivity contribution in [2.45, 2.75) is 64.2 Å². The van der Waals surface area contributed by atoms with Crippen molar-refractivity contribution in [2.75, 3.05) is 6.54 Å². The summed E-state index contributed by atoms with van der Waals surface area (Å²) in [6, 6.07) is 7.41. The van der Waals surface area contributed by atoms with Gasteiger partial charge >= 0.3 is 6.03 Å². The van der Waals surface area contributed by atoms with Gasteiger partial charge in [-0.1, -0.05) is 31.0 Å². The summed E-state index contributed by atoms with van der Waals surface area (Å²) < 4.78 is 5.91. The van der Waals surface area contributed by atoms with Crippen LogP contribution in [0, 0.1) is 0 Å². The van der Waals surface area contributed by atoms with Crippen molar-refractivity contribution in [3.63, 3.8) is 0 Å². The normalized spacial score (nSPS) is 16.9. The van der Waals surface area contributed by atoms with Gasteiger partial charge < -0.3 is 20.5 Å². The highest BCUT2D eigenvalue weighted by Gasteiger charge is 2.31. The Morgan fingerprint density at radius 2 is 1.87 bits per heavy atom. The van der Waals surface area contributed by atoms with E-state index in [1.807, 2.05) is 45.0 Å². The summed E-state index contributed by atoms with van der Waals surface area (Å²) in [5.74, 6) is 0.773. The molecule has 5 nitrogen and oxygen atoms in total. The first kappa shape index (κ1) is 17.6. The summed E-state index contributed by atoms with van der Waals surface area (Å²) in [7, 11) is 0. The molecule has 0 spiro atoms. The molecule has 0 unspecified atom stereocenters. The Labute approximate surface area is 138 Å². The molecule has 0 aliphatic heterocycles. The van der Waals surface area contributed by atoms with Crippen LogP contribution < -0.4 is 15.4 Å². The molecule has 2 amide bonds. The van der Waals surface area contributed by atoms with Gasteiger partial charge in [-0.2, -0.15) is 0 Å². The van der Waals surface area contributed by atoms with Crippen LogP contribution in [-0.4, -0.2) is 28.9 Å². The van der Waals surface area contributed by atoms with Crippen molar-refractivity contribution in [3.05, 3.63) is 29.8 Å². The minimum absolute atomic E-state index is 0.268. The van der Waals surface area contributed by atoms with Gasteiger partial charge in [-0.15, -0.1) is 0 Å². The molecule has 1 aliphatic rings. The third kappa shape index (κ3) is 5.75. The van der Waals surface area contributed by atoms with Crippen LogP contribution in [0.25, 0.3) is 0 Å². The number of benzene rings is 1. The number of rotatable bonds is 5. The molecule has 0 atom stereocenters. The molecule has 0 bridgehead atoms. The number of nitrogens with one attached hydrogen (secondary N) is 2. The molecule has 1 aromatic carbocycles. The van der Waals surface area contributed by atoms with Gasteiger partial charge in [-0.25, -0.2) is 4.79 Å². The van der Waals surface area contributed by atoms with Crippen LogP contribution in [0.4, 0.5) is 4.79 Å². The van der Waals surface area contributed by atoms with Gasteiger partial charge in [-0.05, 0) is 39.7 Å². The largest absolute Gasteiger partial charge is 0.488 e. The number of para-hydroxylation sites is 1. The van der Waals surface area contributed by atoms with Crippen LogP contribution in [0.1, 0.15) is 52.0 Å². The van der Waals surface area contributed by atoms with E-state index in [2.05, 4.69) is 10.6 Å². The summed E-state index contributed by atoms with van der Waals surface area (Å²) in [6.07, 6.45) is 3.57. The second-order valence-electron chi connectivity index (χ2n) is 7.29. The molecular weight excluding hydrogens is 292 g/mol. The number of amides is 2. The summed E-state index contributed by atoms with van der Waals surface area (Å²) in [5, 5.41) is 15.8. The van der Waals surface area contributed by atoms with E-state index in [0.29, 0.717) is 13.1 Å². The fraction of sp³-hybridized carbons (Fsp3) is 0.611. The quantitative estimate of drug-likeness (QED) is 0.781. The molecular formula is C18H28N2O3. The van der Waals surface area contributed by atoms with Gasteiger partial charge in [0.1, 0.15) is 11.4 Å². The average Bonchev–Trinajstić information content (AvgIpc) is 2.90. The zero-order valence-corrected chi connectivity index (χ0v) is 14.3. The van der Waals surface area contributed by atoms with Crippen LogP contribution in [0.5, 0.6) is 5.75 Å². The van der Waals surface area contributed by atoms with Crippen molar-refractivity contribution in [1.29, 1.82) is 0 Å². The molecule has 0 radical (unpaired) electrons. The summed E-state index contributed by atoms with van der Waals surface area (Å²) in [4.78, 5) is 11.9. The van der Waals surface area contributed by atoms with Crippen LogP contribution in [0.3, 0.4) is 0 Å². The van der Waals surface area contributed by atoms with Crippen molar-refractivity contribution < 1.29 is 14.6 Å². The molecule has 0 aromatic heterocycles. The molecule has 3 N–H and O–H groups in total. The van der Waals surface area contributed by atoms with E-state index in [-0.39, 0.29) is 11.6 Å². The highest BCUT2D eigenvalue weighted by Crippen LogP contribution is 2.28. The SMILES string of the molecule is CC(C)(C)Oc1ccccc1CNC(=O)NCC1(O)CCCC1. The van der Waals surface area contributed by atoms with E-state index >= 15 is 0 Å². The molecule has 2 rings (SSSR count). The predicted octanol–water partition coefficient (Wildman–Crippen LogP) is 2.97. The van der Waals surface area contributed by atoms with Gasteiger partial charge in [0.2, 0.25) is 0 Å². The lowest BCUT2D eigenvalue weighted by Gasteiger charge is -2.24. The average molecular weight is 320 g/mol. The number of hydrogen-bond acceptors (Lipinski definition) is 3. The van der Waals surface area contributed by atoms with E-state index in [4.69, 9.17) is 4.74 Å². The zero-order valence-electron chi connectivity index (χ0n) is 14.3. The fourth-order valence-corrected chi connectivity index (χ4v) is 2.77. The molecule has 1 aromatic rings. The molecule has 128 valence electrons. The van der Waals surface area contributed by atoms with Crippen LogP contribution in [0.15, 0.2) is 24.3 Å². The van der Waals surface area contributed by atoms with E-state index in [1.165, 1.54) is 0 Å². The smallest absolute Gasteiger partial charge is 0.315 e. The number of aliphatic hydroxyl groups is 1. The van der Waals surface area contributed by atoms with Gasteiger partial charge in [0.15, 0.2) is 0 Å². The Balaban J connectivity index is 1.84. The van der Waals surface area contributed by atoms with E-state index in [0.717, 1.165) is 37.0 Å². The molecule has 1 fully saturated rings. The fourth-order valence-electron chi connectivity index (χ4n) is 2.77. The maximum absolute atomic E-state index is 11.9. The van der Waals surface area contributed by atoms with Crippen molar-refractivity contribution in [1.82, 2.24) is 10.6 Å². The topological polar surface area (TPSA) is 70.6 Å². The standard InChI is InChI=1S/C18H28N2O3/c1-17(2,3)23-15-9-5-4-8-14(15)12-19-16(21)20-13-18(22)10-6-7-11-18/h4-5,8-9,22H,6-7,10-13H2,1-3H3,(H2,19,20,21). The molecule has 1 saturated carbocycles. The van der Waals surface area contributed by atoms with E-state index in [1.54, 1.807) is 0 Å².